The normalized spacial score (nSPS) is 13.8. The van der Waals surface area contributed by atoms with Crippen LogP contribution in [0.2, 0.25) is 0 Å². The highest BCUT2D eigenvalue weighted by molar-refractivity contribution is 5.71. The van der Waals surface area contributed by atoms with E-state index in [0.29, 0.717) is 6.42 Å². The first-order valence-electron chi connectivity index (χ1n) is 26.3. The second-order valence-corrected chi connectivity index (χ2v) is 16.5. The molecule has 0 heterocycles. The molecule has 0 bridgehead atoms. The van der Waals surface area contributed by atoms with E-state index in [4.69, 9.17) is 9.47 Å². The molecule has 0 aliphatic rings. The Kier molecular flexibility index (Phi) is 52.2. The van der Waals surface area contributed by atoms with Crippen molar-refractivity contribution in [1.82, 2.24) is 0 Å². The Balaban J connectivity index is 3.69. The van der Waals surface area contributed by atoms with Crippen LogP contribution >= 0.6 is 0 Å². The minimum Gasteiger partial charge on any atom is -0.461 e. The minimum atomic E-state index is -0.830. The summed E-state index contributed by atoms with van der Waals surface area (Å²) in [7, 11) is 0. The summed E-state index contributed by atoms with van der Waals surface area (Å²) in [6.45, 7) is 3.79. The average Bonchev–Trinajstić information content (AvgIpc) is 3.34. The van der Waals surface area contributed by atoms with Gasteiger partial charge in [-0.1, -0.05) is 235 Å². The fraction of sp³-hybridized carbons (Fsp3) is 0.492. The first kappa shape index (κ1) is 63.0. The molecular weight excluding hydrogens is 837 g/mol. The lowest BCUT2D eigenvalue weighted by molar-refractivity contribution is -0.161. The van der Waals surface area contributed by atoms with Gasteiger partial charge in [-0.2, -0.15) is 0 Å². The molecule has 0 fully saturated rings. The Morgan fingerprint density at radius 2 is 0.632 bits per heavy atom. The quantitative estimate of drug-likeness (QED) is 0.0374. The molecule has 0 aromatic carbocycles. The summed E-state index contributed by atoms with van der Waals surface area (Å²) in [6.07, 6.45) is 90.2. The van der Waals surface area contributed by atoms with E-state index in [0.717, 1.165) is 122 Å². The average molecular weight is 931 g/mol. The van der Waals surface area contributed by atoms with E-state index in [-0.39, 0.29) is 25.6 Å². The molecule has 5 nitrogen and oxygen atoms in total. The van der Waals surface area contributed by atoms with Crippen LogP contribution in [0.1, 0.15) is 181 Å². The Bertz CT molecular complexity index is 1620. The number of aliphatic hydroxyl groups is 1. The molecule has 68 heavy (non-hydrogen) atoms. The SMILES string of the molecule is CC/C=C\C/C=C\C/C=C\C/C=C\C/C=C\C/C=C\C/C=C\C/C=C\C/C=C\C/C=C\CCCCCCCCCCC(=O)OC(CO)COC(=O)C/C=C\C/C=C\C/C=C\C/C=C\C/C=C\CC. The van der Waals surface area contributed by atoms with Crippen molar-refractivity contribution in [3.8, 4) is 0 Å². The smallest absolute Gasteiger partial charge is 0.309 e. The van der Waals surface area contributed by atoms with Gasteiger partial charge < -0.3 is 14.6 Å². The predicted molar refractivity (Wildman–Crippen MR) is 296 cm³/mol. The molecule has 0 amide bonds. The lowest BCUT2D eigenvalue weighted by Gasteiger charge is -2.15. The van der Waals surface area contributed by atoms with Gasteiger partial charge in [-0.3, -0.25) is 9.59 Å². The lowest BCUT2D eigenvalue weighted by Crippen LogP contribution is -2.28. The van der Waals surface area contributed by atoms with Gasteiger partial charge in [0, 0.05) is 6.42 Å². The molecule has 0 rings (SSSR count). The van der Waals surface area contributed by atoms with E-state index in [9.17, 15) is 14.7 Å². The Morgan fingerprint density at radius 3 is 0.956 bits per heavy atom. The summed E-state index contributed by atoms with van der Waals surface area (Å²) < 4.78 is 10.5. The van der Waals surface area contributed by atoms with E-state index in [1.807, 2.05) is 6.08 Å². The van der Waals surface area contributed by atoms with E-state index in [2.05, 4.69) is 184 Å². The van der Waals surface area contributed by atoms with Crippen LogP contribution in [0.15, 0.2) is 182 Å². The third kappa shape index (κ3) is 53.6. The van der Waals surface area contributed by atoms with E-state index in [1.165, 1.54) is 32.1 Å². The van der Waals surface area contributed by atoms with Gasteiger partial charge in [0.15, 0.2) is 6.10 Å². The molecule has 0 saturated heterocycles. The first-order valence-corrected chi connectivity index (χ1v) is 26.3. The van der Waals surface area contributed by atoms with E-state index >= 15 is 0 Å². The summed E-state index contributed by atoms with van der Waals surface area (Å²) >= 11 is 0. The molecule has 0 aromatic heterocycles. The number of ether oxygens (including phenoxy) is 2. The fourth-order valence-electron chi connectivity index (χ4n) is 6.36. The molecule has 0 spiro atoms. The van der Waals surface area contributed by atoms with Crippen LogP contribution in [-0.2, 0) is 19.1 Å². The first-order chi connectivity index (χ1) is 33.6. The molecule has 0 aromatic rings. The van der Waals surface area contributed by atoms with Crippen molar-refractivity contribution >= 4 is 11.9 Å². The molecule has 0 radical (unpaired) electrons. The van der Waals surface area contributed by atoms with Crippen LogP contribution < -0.4 is 0 Å². The zero-order valence-corrected chi connectivity index (χ0v) is 42.8. The van der Waals surface area contributed by atoms with Crippen LogP contribution in [0.25, 0.3) is 0 Å². The summed E-state index contributed by atoms with van der Waals surface area (Å²) in [5.74, 6) is -0.765. The molecule has 0 aliphatic carbocycles. The molecule has 1 unspecified atom stereocenters. The molecular formula is C63H94O5. The van der Waals surface area contributed by atoms with E-state index in [1.54, 1.807) is 6.08 Å². The van der Waals surface area contributed by atoms with Crippen molar-refractivity contribution in [2.45, 2.75) is 187 Å². The largest absolute Gasteiger partial charge is 0.461 e. The maximum absolute atomic E-state index is 12.3. The van der Waals surface area contributed by atoms with Crippen LogP contribution in [0.4, 0.5) is 0 Å². The Hall–Kier alpha value is -5.00. The molecule has 5 heteroatoms. The van der Waals surface area contributed by atoms with Gasteiger partial charge in [0.2, 0.25) is 0 Å². The number of aliphatic hydroxyl groups excluding tert-OH is 1. The van der Waals surface area contributed by atoms with Crippen LogP contribution in [-0.4, -0.2) is 36.4 Å². The second kappa shape index (κ2) is 56.3. The van der Waals surface area contributed by atoms with Crippen molar-refractivity contribution in [2.75, 3.05) is 13.2 Å². The monoisotopic (exact) mass is 931 g/mol. The Labute approximate surface area is 416 Å². The van der Waals surface area contributed by atoms with Crippen LogP contribution in [0.5, 0.6) is 0 Å². The maximum atomic E-state index is 12.3. The summed E-state index contributed by atoms with van der Waals surface area (Å²) in [5.41, 5.74) is 0. The van der Waals surface area contributed by atoms with E-state index < -0.39 is 12.1 Å². The fourth-order valence-corrected chi connectivity index (χ4v) is 6.36. The molecule has 1 N–H and O–H groups in total. The van der Waals surface area contributed by atoms with Crippen molar-refractivity contribution in [3.05, 3.63) is 182 Å². The number of carbonyl (C=O) groups excluding carboxylic acids is 2. The van der Waals surface area contributed by atoms with Gasteiger partial charge >= 0.3 is 11.9 Å². The van der Waals surface area contributed by atoms with Crippen LogP contribution in [0, 0.1) is 0 Å². The van der Waals surface area contributed by atoms with Crippen LogP contribution in [0.3, 0.4) is 0 Å². The van der Waals surface area contributed by atoms with Crippen molar-refractivity contribution in [2.24, 2.45) is 0 Å². The Morgan fingerprint density at radius 1 is 0.353 bits per heavy atom. The summed E-state index contributed by atoms with van der Waals surface area (Å²) in [5, 5.41) is 9.60. The van der Waals surface area contributed by atoms with Gasteiger partial charge in [0.25, 0.3) is 0 Å². The molecule has 376 valence electrons. The highest BCUT2D eigenvalue weighted by Crippen LogP contribution is 2.12. The number of hydrogen-bond donors (Lipinski definition) is 1. The standard InChI is InChI=1S/C63H94O5/c1-3-5-7-9-11-13-15-17-19-20-21-22-23-24-25-26-27-28-29-30-31-32-33-34-35-36-37-38-39-40-41-42-44-46-48-50-52-54-56-58-63(66)68-61(59-64)60-67-62(65)57-55-53-51-49-47-45-43-18-16-14-12-10-8-6-4-2/h5-8,11-14,17-19,21-22,24-25,27-28,30-31,33-34,36-37,39-40,43,47,49,53,55,61,64H,3-4,9-10,15-16,20,23,26,29,32,35,38,41-42,44-46,48,50-52,54,56-60H2,1-2H3/b7-5-,8-6-,13-11-,14-12-,19-17-,22-21-,25-24-,28-27-,31-30-,34-33-,37-36-,40-39-,43-18-,49-47-,55-53-. The number of hydrogen-bond acceptors (Lipinski definition) is 5. The molecule has 0 saturated carbocycles. The van der Waals surface area contributed by atoms with Gasteiger partial charge in [-0.15, -0.1) is 0 Å². The topological polar surface area (TPSA) is 72.8 Å². The molecule has 1 atom stereocenters. The highest BCUT2D eigenvalue weighted by Gasteiger charge is 2.15. The third-order valence-electron chi connectivity index (χ3n) is 10.2. The lowest BCUT2D eigenvalue weighted by atomic mass is 10.1. The summed E-state index contributed by atoms with van der Waals surface area (Å²) in [6, 6.07) is 0. The number of rotatable bonds is 45. The number of unbranched alkanes of at least 4 members (excludes halogenated alkanes) is 8. The highest BCUT2D eigenvalue weighted by atomic mass is 16.6. The number of allylic oxidation sites excluding steroid dienone is 29. The third-order valence-corrected chi connectivity index (χ3v) is 10.2. The van der Waals surface area contributed by atoms with Crippen molar-refractivity contribution in [3.63, 3.8) is 0 Å². The number of esters is 2. The minimum absolute atomic E-state index is 0.136. The zero-order valence-electron chi connectivity index (χ0n) is 42.8. The van der Waals surface area contributed by atoms with Gasteiger partial charge in [0.05, 0.1) is 13.0 Å². The zero-order chi connectivity index (χ0) is 49.2. The summed E-state index contributed by atoms with van der Waals surface area (Å²) in [4.78, 5) is 24.3. The van der Waals surface area contributed by atoms with Gasteiger partial charge in [-0.05, 0) is 116 Å². The van der Waals surface area contributed by atoms with Gasteiger partial charge in [-0.25, -0.2) is 0 Å². The maximum Gasteiger partial charge on any atom is 0.309 e. The second-order valence-electron chi connectivity index (χ2n) is 16.5. The predicted octanol–water partition coefficient (Wildman–Crippen LogP) is 18.0. The van der Waals surface area contributed by atoms with Gasteiger partial charge in [0.1, 0.15) is 6.61 Å². The van der Waals surface area contributed by atoms with Crippen molar-refractivity contribution < 1.29 is 24.2 Å². The molecule has 0 aliphatic heterocycles. The van der Waals surface area contributed by atoms with Crippen molar-refractivity contribution in [1.29, 1.82) is 0 Å². The number of carbonyl (C=O) groups is 2.